The molecule has 0 aliphatic carbocycles. The molecule has 0 bridgehead atoms. The first-order valence-corrected chi connectivity index (χ1v) is 13.5. The van der Waals surface area contributed by atoms with Crippen LogP contribution in [0.1, 0.15) is 36.3 Å². The monoisotopic (exact) mass is 533 g/mol. The number of nitrogens with zero attached hydrogens (tertiary/aromatic N) is 4. The molecule has 2 unspecified atom stereocenters. The third kappa shape index (κ3) is 6.27. The van der Waals surface area contributed by atoms with E-state index < -0.39 is 5.76 Å². The molecule has 0 saturated carbocycles. The standard InChI is InChI=1S/C29H29F2N5OS/c1-18-11-19(2)17-36(16-18)27-8-4-7-24(35-27)25-10-9-21-14-32-22(13-26(21)34-25)15-33-28(37)20-5-3-6-23(12-20)38-29(30)31/h3-10,12-14,18-19,29H,11,15-17H2,1-2H3,(H,33,37). The zero-order chi connectivity index (χ0) is 26.6. The molecular weight excluding hydrogens is 504 g/mol. The lowest BCUT2D eigenvalue weighted by Gasteiger charge is -2.35. The number of hydrogen-bond acceptors (Lipinski definition) is 6. The summed E-state index contributed by atoms with van der Waals surface area (Å²) in [7, 11) is 0. The van der Waals surface area contributed by atoms with Gasteiger partial charge >= 0.3 is 0 Å². The van der Waals surface area contributed by atoms with Crippen LogP contribution in [0.15, 0.2) is 71.8 Å². The van der Waals surface area contributed by atoms with Crippen LogP contribution in [-0.4, -0.2) is 39.7 Å². The normalized spacial score (nSPS) is 17.7. The molecule has 0 spiro atoms. The summed E-state index contributed by atoms with van der Waals surface area (Å²) in [6.07, 6.45) is 2.97. The molecule has 38 heavy (non-hydrogen) atoms. The van der Waals surface area contributed by atoms with Crippen LogP contribution in [0.2, 0.25) is 0 Å². The maximum absolute atomic E-state index is 12.7. The van der Waals surface area contributed by atoms with E-state index in [0.717, 1.165) is 41.2 Å². The Morgan fingerprint density at radius 3 is 2.58 bits per heavy atom. The molecule has 1 aliphatic rings. The number of halogens is 2. The van der Waals surface area contributed by atoms with Gasteiger partial charge in [-0.1, -0.05) is 37.7 Å². The molecule has 2 atom stereocenters. The molecule has 1 aromatic carbocycles. The quantitative estimate of drug-likeness (QED) is 0.277. The molecule has 1 fully saturated rings. The summed E-state index contributed by atoms with van der Waals surface area (Å²) in [5, 5.41) is 3.70. The average molecular weight is 534 g/mol. The summed E-state index contributed by atoms with van der Waals surface area (Å²) in [6, 6.07) is 18.0. The summed E-state index contributed by atoms with van der Waals surface area (Å²) < 4.78 is 25.3. The van der Waals surface area contributed by atoms with E-state index in [0.29, 0.717) is 39.8 Å². The number of hydrogen-bond donors (Lipinski definition) is 1. The summed E-state index contributed by atoms with van der Waals surface area (Å²) >= 11 is 0.413. The number of pyridine rings is 3. The van der Waals surface area contributed by atoms with Crippen molar-refractivity contribution in [2.24, 2.45) is 11.8 Å². The first kappa shape index (κ1) is 26.0. The maximum atomic E-state index is 12.7. The molecule has 4 aromatic rings. The van der Waals surface area contributed by atoms with E-state index in [1.165, 1.54) is 12.5 Å². The Labute approximate surface area is 224 Å². The summed E-state index contributed by atoms with van der Waals surface area (Å²) in [6.45, 7) is 6.76. The molecule has 1 saturated heterocycles. The number of alkyl halides is 2. The SMILES string of the molecule is CC1CC(C)CN(c2cccc(-c3ccc4cnc(CNC(=O)c5cccc(SC(F)F)c5)cc4n3)n2)C1. The molecule has 4 heterocycles. The molecular formula is C29H29F2N5OS. The minimum absolute atomic E-state index is 0.186. The van der Waals surface area contributed by atoms with E-state index in [-0.39, 0.29) is 12.5 Å². The average Bonchev–Trinajstić information content (AvgIpc) is 2.90. The molecule has 5 rings (SSSR count). The molecule has 196 valence electrons. The second-order valence-electron chi connectivity index (χ2n) is 9.89. The van der Waals surface area contributed by atoms with Gasteiger partial charge in [0.2, 0.25) is 0 Å². The second-order valence-corrected chi connectivity index (χ2v) is 10.9. The number of anilines is 1. The largest absolute Gasteiger partial charge is 0.356 e. The minimum atomic E-state index is -2.54. The van der Waals surface area contributed by atoms with Crippen molar-refractivity contribution < 1.29 is 13.6 Å². The first-order valence-electron chi connectivity index (χ1n) is 12.6. The van der Waals surface area contributed by atoms with Crippen LogP contribution in [0.5, 0.6) is 0 Å². The third-order valence-corrected chi connectivity index (χ3v) is 7.28. The van der Waals surface area contributed by atoms with Crippen molar-refractivity contribution in [2.75, 3.05) is 18.0 Å². The maximum Gasteiger partial charge on any atom is 0.288 e. The molecule has 6 nitrogen and oxygen atoms in total. The van der Waals surface area contributed by atoms with Gasteiger partial charge in [-0.25, -0.2) is 9.97 Å². The molecule has 9 heteroatoms. The topological polar surface area (TPSA) is 71.0 Å². The highest BCUT2D eigenvalue weighted by Gasteiger charge is 2.23. The Bertz CT molecular complexity index is 1440. The van der Waals surface area contributed by atoms with Gasteiger partial charge in [-0.2, -0.15) is 8.78 Å². The van der Waals surface area contributed by atoms with Crippen LogP contribution in [-0.2, 0) is 6.54 Å². The highest BCUT2D eigenvalue weighted by molar-refractivity contribution is 7.99. The Morgan fingerprint density at radius 2 is 1.79 bits per heavy atom. The Morgan fingerprint density at radius 1 is 1.03 bits per heavy atom. The van der Waals surface area contributed by atoms with E-state index in [4.69, 9.17) is 9.97 Å². The number of benzene rings is 1. The Kier molecular flexibility index (Phi) is 7.83. The second kappa shape index (κ2) is 11.4. The van der Waals surface area contributed by atoms with Gasteiger partial charge in [0.25, 0.3) is 11.7 Å². The third-order valence-electron chi connectivity index (χ3n) is 6.57. The fourth-order valence-corrected chi connectivity index (χ4v) is 5.53. The number of rotatable bonds is 7. The fourth-order valence-electron chi connectivity index (χ4n) is 4.98. The number of carbonyl (C=O) groups excluding carboxylic acids is 1. The van der Waals surface area contributed by atoms with Crippen LogP contribution < -0.4 is 10.2 Å². The van der Waals surface area contributed by atoms with E-state index in [2.05, 4.69) is 35.1 Å². The van der Waals surface area contributed by atoms with Crippen molar-refractivity contribution >= 4 is 34.4 Å². The van der Waals surface area contributed by atoms with Gasteiger partial charge in [0.15, 0.2) is 0 Å². The number of thioether (sulfide) groups is 1. The van der Waals surface area contributed by atoms with Gasteiger partial charge in [-0.15, -0.1) is 0 Å². The van der Waals surface area contributed by atoms with Gasteiger partial charge in [0, 0.05) is 35.1 Å². The Hall–Kier alpha value is -3.59. The van der Waals surface area contributed by atoms with Crippen molar-refractivity contribution in [2.45, 2.75) is 37.5 Å². The van der Waals surface area contributed by atoms with E-state index in [9.17, 15) is 13.6 Å². The van der Waals surface area contributed by atoms with Gasteiger partial charge < -0.3 is 10.2 Å². The summed E-state index contributed by atoms with van der Waals surface area (Å²) in [5.74, 6) is -0.656. The van der Waals surface area contributed by atoms with Crippen molar-refractivity contribution in [1.82, 2.24) is 20.3 Å². The lowest BCUT2D eigenvalue weighted by molar-refractivity contribution is 0.0950. The highest BCUT2D eigenvalue weighted by Crippen LogP contribution is 2.28. The highest BCUT2D eigenvalue weighted by atomic mass is 32.2. The lowest BCUT2D eigenvalue weighted by atomic mass is 9.92. The zero-order valence-corrected chi connectivity index (χ0v) is 22.1. The van der Waals surface area contributed by atoms with Gasteiger partial charge in [-0.05, 0) is 66.8 Å². The van der Waals surface area contributed by atoms with E-state index in [1.54, 1.807) is 24.4 Å². The smallest absolute Gasteiger partial charge is 0.288 e. The van der Waals surface area contributed by atoms with Gasteiger partial charge in [0.05, 0.1) is 29.1 Å². The van der Waals surface area contributed by atoms with Gasteiger partial charge in [-0.3, -0.25) is 9.78 Å². The van der Waals surface area contributed by atoms with Crippen molar-refractivity contribution in [3.05, 3.63) is 78.1 Å². The van der Waals surface area contributed by atoms with Crippen LogP contribution in [0.25, 0.3) is 22.3 Å². The van der Waals surface area contributed by atoms with Crippen LogP contribution in [0.4, 0.5) is 14.6 Å². The van der Waals surface area contributed by atoms with Crippen molar-refractivity contribution in [3.63, 3.8) is 0 Å². The predicted octanol–water partition coefficient (Wildman–Crippen LogP) is 6.42. The van der Waals surface area contributed by atoms with E-state index >= 15 is 0 Å². The number of carbonyl (C=O) groups is 1. The zero-order valence-electron chi connectivity index (χ0n) is 21.3. The van der Waals surface area contributed by atoms with Crippen molar-refractivity contribution in [1.29, 1.82) is 0 Å². The predicted molar refractivity (Wildman–Crippen MR) is 147 cm³/mol. The van der Waals surface area contributed by atoms with Gasteiger partial charge in [0.1, 0.15) is 5.82 Å². The number of amides is 1. The lowest BCUT2D eigenvalue weighted by Crippen LogP contribution is -2.39. The van der Waals surface area contributed by atoms with Crippen LogP contribution in [0.3, 0.4) is 0 Å². The van der Waals surface area contributed by atoms with Crippen LogP contribution >= 0.6 is 11.8 Å². The van der Waals surface area contributed by atoms with Crippen LogP contribution in [0, 0.1) is 11.8 Å². The number of piperidine rings is 1. The molecule has 1 N–H and O–H groups in total. The molecule has 1 aliphatic heterocycles. The van der Waals surface area contributed by atoms with E-state index in [1.807, 2.05) is 30.3 Å². The van der Waals surface area contributed by atoms with Crippen molar-refractivity contribution in [3.8, 4) is 11.4 Å². The summed E-state index contributed by atoms with van der Waals surface area (Å²) in [5.41, 5.74) is 3.30. The Balaban J connectivity index is 1.31. The molecule has 3 aromatic heterocycles. The number of nitrogens with one attached hydrogen (secondary N) is 1. The first-order chi connectivity index (χ1) is 18.3. The minimum Gasteiger partial charge on any atom is -0.356 e. The summed E-state index contributed by atoms with van der Waals surface area (Å²) in [4.78, 5) is 29.5. The molecule has 0 radical (unpaired) electrons. The molecule has 1 amide bonds. The number of aromatic nitrogens is 3. The fraction of sp³-hybridized carbons (Fsp3) is 0.310. The number of fused-ring (bicyclic) bond motifs is 1.